The number of benzene rings is 1. The van der Waals surface area contributed by atoms with E-state index in [1.54, 1.807) is 12.1 Å². The number of rotatable bonds is 6. The second kappa shape index (κ2) is 8.14. The number of aryl methyl sites for hydroxylation is 2. The van der Waals surface area contributed by atoms with Crippen molar-refractivity contribution in [2.75, 3.05) is 5.32 Å². The number of anilines is 1. The van der Waals surface area contributed by atoms with Crippen molar-refractivity contribution in [1.29, 1.82) is 0 Å². The summed E-state index contributed by atoms with van der Waals surface area (Å²) >= 11 is 6.89. The van der Waals surface area contributed by atoms with Crippen LogP contribution in [0.4, 0.5) is 10.5 Å². The van der Waals surface area contributed by atoms with Crippen molar-refractivity contribution in [1.82, 2.24) is 9.71 Å². The lowest BCUT2D eigenvalue weighted by Gasteiger charge is -2.15. The Morgan fingerprint density at radius 1 is 1.26 bits per heavy atom. The fraction of sp³-hybridized carbons (Fsp3) is 0.412. The first-order chi connectivity index (χ1) is 12.5. The van der Waals surface area contributed by atoms with Gasteiger partial charge in [0, 0.05) is 16.9 Å². The maximum atomic E-state index is 12.4. The van der Waals surface area contributed by atoms with Gasteiger partial charge in [-0.25, -0.2) is 14.5 Å². The predicted octanol–water partition coefficient (Wildman–Crippen LogP) is 3.66. The normalized spacial score (nSPS) is 12.1. The van der Waals surface area contributed by atoms with Gasteiger partial charge in [-0.15, -0.1) is 11.3 Å². The molecule has 0 aliphatic heterocycles. The van der Waals surface area contributed by atoms with E-state index in [1.807, 2.05) is 18.6 Å². The highest BCUT2D eigenvalue weighted by molar-refractivity contribution is 7.92. The van der Waals surface area contributed by atoms with Crippen LogP contribution in [0.25, 0.3) is 0 Å². The lowest BCUT2D eigenvalue weighted by Crippen LogP contribution is -2.34. The van der Waals surface area contributed by atoms with E-state index in [2.05, 4.69) is 10.3 Å². The third-order valence-electron chi connectivity index (χ3n) is 3.81. The molecule has 0 bridgehead atoms. The van der Waals surface area contributed by atoms with Crippen LogP contribution in [0.5, 0.6) is 0 Å². The summed E-state index contributed by atoms with van der Waals surface area (Å²) in [6.07, 6.45) is 2.52. The Bertz CT molecular complexity index is 924. The molecule has 0 saturated carbocycles. The van der Waals surface area contributed by atoms with Gasteiger partial charge in [0.15, 0.2) is 0 Å². The third-order valence-corrected chi connectivity index (χ3v) is 7.06. The molecule has 1 aromatic carbocycles. The van der Waals surface area contributed by atoms with E-state index >= 15 is 0 Å². The zero-order valence-electron chi connectivity index (χ0n) is 15.5. The van der Waals surface area contributed by atoms with Crippen LogP contribution < -0.4 is 10.0 Å². The molecule has 148 valence electrons. The number of urea groups is 1. The number of aliphatic hydroxyl groups is 1. The van der Waals surface area contributed by atoms with Gasteiger partial charge in [-0.1, -0.05) is 25.4 Å². The van der Waals surface area contributed by atoms with Crippen LogP contribution in [0.15, 0.2) is 22.7 Å². The number of halogens is 1. The van der Waals surface area contributed by atoms with Crippen LogP contribution in [0.3, 0.4) is 0 Å². The van der Waals surface area contributed by atoms with Crippen LogP contribution in [-0.4, -0.2) is 24.5 Å². The van der Waals surface area contributed by atoms with E-state index in [-0.39, 0.29) is 4.34 Å². The Morgan fingerprint density at radius 3 is 2.26 bits per heavy atom. The summed E-state index contributed by atoms with van der Waals surface area (Å²) in [7, 11) is -4.16. The van der Waals surface area contributed by atoms with Gasteiger partial charge in [0.1, 0.15) is 0 Å². The van der Waals surface area contributed by atoms with Crippen molar-refractivity contribution in [2.45, 2.75) is 50.5 Å². The molecule has 0 aliphatic rings. The number of carbonyl (C=O) groups is 1. The monoisotopic (exact) mass is 431 g/mol. The quantitative estimate of drug-likeness (QED) is 0.646. The number of hydrogen-bond donors (Lipinski definition) is 3. The highest BCUT2D eigenvalue weighted by Crippen LogP contribution is 2.29. The predicted molar refractivity (Wildman–Crippen MR) is 107 cm³/mol. The lowest BCUT2D eigenvalue weighted by atomic mass is 10.0. The summed E-state index contributed by atoms with van der Waals surface area (Å²) in [5, 5.41) is 13.1. The summed E-state index contributed by atoms with van der Waals surface area (Å²) in [6.45, 7) is 6.88. The molecule has 0 spiro atoms. The van der Waals surface area contributed by atoms with Gasteiger partial charge >= 0.3 is 6.03 Å². The standard InChI is InChI=1S/C17H22ClN3O4S2/c1-5-10-7-12(18)8-11(6-2)14(10)20-15(22)21-27(24,25)16-19-9-13(26-16)17(3,4)23/h7-9,23H,5-6H2,1-4H3,(H2,20,21,22). The van der Waals surface area contributed by atoms with Crippen molar-refractivity contribution in [3.05, 3.63) is 39.4 Å². The third kappa shape index (κ3) is 5.19. The Balaban J connectivity index is 2.24. The van der Waals surface area contributed by atoms with Crippen molar-refractivity contribution in [3.8, 4) is 0 Å². The van der Waals surface area contributed by atoms with Crippen molar-refractivity contribution >= 4 is 44.7 Å². The van der Waals surface area contributed by atoms with E-state index in [1.165, 1.54) is 20.0 Å². The minimum atomic E-state index is -4.16. The molecular formula is C17H22ClN3O4S2. The zero-order valence-corrected chi connectivity index (χ0v) is 17.8. The van der Waals surface area contributed by atoms with E-state index < -0.39 is 21.7 Å². The number of amides is 2. The first-order valence-electron chi connectivity index (χ1n) is 8.31. The fourth-order valence-corrected chi connectivity index (χ4v) is 4.73. The van der Waals surface area contributed by atoms with Crippen molar-refractivity contribution in [2.24, 2.45) is 0 Å². The highest BCUT2D eigenvalue weighted by Gasteiger charge is 2.26. The zero-order chi connectivity index (χ0) is 20.4. The smallest absolute Gasteiger partial charge is 0.333 e. The summed E-state index contributed by atoms with van der Waals surface area (Å²) in [4.78, 5) is 16.5. The molecule has 2 rings (SSSR count). The summed E-state index contributed by atoms with van der Waals surface area (Å²) in [5.41, 5.74) is 0.952. The highest BCUT2D eigenvalue weighted by atomic mass is 35.5. The Hall–Kier alpha value is -1.68. The molecule has 1 aromatic heterocycles. The van der Waals surface area contributed by atoms with Crippen LogP contribution in [0, 0.1) is 0 Å². The largest absolute Gasteiger partial charge is 0.385 e. The molecule has 0 unspecified atom stereocenters. The van der Waals surface area contributed by atoms with Crippen molar-refractivity contribution < 1.29 is 18.3 Å². The molecule has 2 aromatic rings. The van der Waals surface area contributed by atoms with Gasteiger partial charge < -0.3 is 10.4 Å². The first kappa shape index (κ1) is 21.6. The molecule has 7 nitrogen and oxygen atoms in total. The SMILES string of the molecule is CCc1cc(Cl)cc(CC)c1NC(=O)NS(=O)(=O)c1ncc(C(C)(C)O)s1. The first-order valence-corrected chi connectivity index (χ1v) is 11.0. The van der Waals surface area contributed by atoms with Crippen LogP contribution in [-0.2, 0) is 28.5 Å². The van der Waals surface area contributed by atoms with Crippen LogP contribution in [0.1, 0.15) is 43.7 Å². The minimum absolute atomic E-state index is 0.294. The Morgan fingerprint density at radius 2 is 1.81 bits per heavy atom. The number of sulfonamides is 1. The number of hydrogen-bond acceptors (Lipinski definition) is 6. The average molecular weight is 432 g/mol. The minimum Gasteiger partial charge on any atom is -0.385 e. The van der Waals surface area contributed by atoms with Gasteiger partial charge in [-0.3, -0.25) is 0 Å². The van der Waals surface area contributed by atoms with E-state index in [9.17, 15) is 18.3 Å². The second-order valence-electron chi connectivity index (χ2n) is 6.42. The Kier molecular flexibility index (Phi) is 6.51. The number of thiazole rings is 1. The van der Waals surface area contributed by atoms with Gasteiger partial charge in [-0.2, -0.15) is 8.42 Å². The molecule has 27 heavy (non-hydrogen) atoms. The fourth-order valence-electron chi connectivity index (χ4n) is 2.41. The van der Waals surface area contributed by atoms with Crippen LogP contribution >= 0.6 is 22.9 Å². The van der Waals surface area contributed by atoms with E-state index in [0.29, 0.717) is 28.4 Å². The summed E-state index contributed by atoms with van der Waals surface area (Å²) in [5.74, 6) is 0. The van der Waals surface area contributed by atoms with Gasteiger partial charge in [0.2, 0.25) is 4.34 Å². The molecule has 10 heteroatoms. The molecule has 0 aliphatic carbocycles. The Labute approximate surface area is 167 Å². The molecule has 2 amide bonds. The van der Waals surface area contributed by atoms with Gasteiger partial charge in [-0.05, 0) is 49.9 Å². The molecular weight excluding hydrogens is 410 g/mol. The molecule has 0 radical (unpaired) electrons. The second-order valence-corrected chi connectivity index (χ2v) is 9.74. The number of aromatic nitrogens is 1. The summed E-state index contributed by atoms with van der Waals surface area (Å²) < 4.78 is 26.5. The molecule has 3 N–H and O–H groups in total. The molecule has 0 atom stereocenters. The maximum absolute atomic E-state index is 12.4. The topological polar surface area (TPSA) is 108 Å². The summed E-state index contributed by atoms with van der Waals surface area (Å²) in [6, 6.07) is 2.59. The van der Waals surface area contributed by atoms with E-state index in [4.69, 9.17) is 11.6 Å². The number of nitrogens with zero attached hydrogens (tertiary/aromatic N) is 1. The molecule has 0 saturated heterocycles. The average Bonchev–Trinajstić information content (AvgIpc) is 3.06. The number of nitrogens with one attached hydrogen (secondary N) is 2. The van der Waals surface area contributed by atoms with E-state index in [0.717, 1.165) is 22.5 Å². The number of carbonyl (C=O) groups excluding carboxylic acids is 1. The molecule has 0 fully saturated rings. The lowest BCUT2D eigenvalue weighted by molar-refractivity contribution is 0.0823. The van der Waals surface area contributed by atoms with Gasteiger partial charge in [0.05, 0.1) is 10.5 Å². The molecule has 1 heterocycles. The maximum Gasteiger partial charge on any atom is 0.333 e. The van der Waals surface area contributed by atoms with Crippen molar-refractivity contribution in [3.63, 3.8) is 0 Å². The van der Waals surface area contributed by atoms with Gasteiger partial charge in [0.25, 0.3) is 10.0 Å². The van der Waals surface area contributed by atoms with Crippen LogP contribution in [0.2, 0.25) is 5.02 Å².